The van der Waals surface area contributed by atoms with Gasteiger partial charge in [-0.1, -0.05) is 107 Å². The zero-order chi connectivity index (χ0) is 37.6. The summed E-state index contributed by atoms with van der Waals surface area (Å²) in [6.45, 7) is 9.71. The molecule has 274 valence electrons. The number of nitrogens with one attached hydrogen (secondary N) is 2. The maximum Gasteiger partial charge on any atom is 0.413 e. The standard InChI is InChI=1S/C40H45N7O5Si/c1-6-14-28(22-24-52-53(40(2,3)4,29-15-9-7-10-16-29)30-17-11-8-12-18-30)43-36-35-33(44-38(45-36)46-39(50)51-5)25-42-47(35)26-27-20-21-32(37(48)49)31-19-13-23-41-34(27)31/h7-13,15-21,23,25,28H,6,14,22,24,26H2,1-5H3,(H,48,49)(H2,43,44,45,46,50)/t28-/m0/s1. The van der Waals surface area contributed by atoms with Crippen molar-refractivity contribution in [2.45, 2.75) is 64.6 Å². The molecule has 1 atom stereocenters. The number of amides is 1. The number of carboxylic acid groups (broad SMARTS) is 1. The van der Waals surface area contributed by atoms with E-state index in [0.717, 1.165) is 18.4 Å². The maximum atomic E-state index is 12.2. The quantitative estimate of drug-likeness (QED) is 0.101. The zero-order valence-electron chi connectivity index (χ0n) is 30.7. The summed E-state index contributed by atoms with van der Waals surface area (Å²) in [6, 6.07) is 27.9. The van der Waals surface area contributed by atoms with E-state index in [1.165, 1.54) is 17.5 Å². The van der Waals surface area contributed by atoms with Gasteiger partial charge in [0.1, 0.15) is 11.0 Å². The lowest BCUT2D eigenvalue weighted by Gasteiger charge is -2.43. The number of hydrogen-bond donors (Lipinski definition) is 3. The highest BCUT2D eigenvalue weighted by atomic mass is 28.4. The van der Waals surface area contributed by atoms with Crippen LogP contribution in [0.5, 0.6) is 0 Å². The lowest BCUT2D eigenvalue weighted by Crippen LogP contribution is -2.66. The lowest BCUT2D eigenvalue weighted by molar-refractivity contribution is 0.0699. The van der Waals surface area contributed by atoms with Crippen LogP contribution < -0.4 is 21.0 Å². The molecule has 0 aliphatic heterocycles. The molecule has 6 aromatic rings. The smallest absolute Gasteiger partial charge is 0.413 e. The largest absolute Gasteiger partial charge is 0.478 e. The molecular weight excluding hydrogens is 687 g/mol. The van der Waals surface area contributed by atoms with Gasteiger partial charge < -0.3 is 19.6 Å². The SMILES string of the molecule is CCC[C@@H](CCO[Si](c1ccccc1)(c1ccccc1)C(C)(C)C)Nc1nc(NC(=O)OC)nc2cnn(Cc3ccc(C(=O)O)c4cccnc34)c12. The number of fused-ring (bicyclic) bond motifs is 2. The van der Waals surface area contributed by atoms with E-state index < -0.39 is 20.4 Å². The molecule has 0 aliphatic rings. The van der Waals surface area contributed by atoms with E-state index >= 15 is 0 Å². The van der Waals surface area contributed by atoms with E-state index in [0.29, 0.717) is 40.8 Å². The highest BCUT2D eigenvalue weighted by molar-refractivity contribution is 6.99. The zero-order valence-corrected chi connectivity index (χ0v) is 31.7. The molecular formula is C40H45N7O5Si. The van der Waals surface area contributed by atoms with Crippen molar-refractivity contribution in [1.29, 1.82) is 0 Å². The summed E-state index contributed by atoms with van der Waals surface area (Å²) >= 11 is 0. The van der Waals surface area contributed by atoms with E-state index in [2.05, 4.69) is 102 Å². The van der Waals surface area contributed by atoms with Crippen LogP contribution in [0.4, 0.5) is 16.6 Å². The van der Waals surface area contributed by atoms with Crippen LogP contribution in [0.25, 0.3) is 21.9 Å². The summed E-state index contributed by atoms with van der Waals surface area (Å²) in [5.74, 6) is -0.462. The molecule has 0 spiro atoms. The first-order chi connectivity index (χ1) is 25.6. The normalized spacial score (nSPS) is 12.5. The molecule has 0 fully saturated rings. The number of benzene rings is 3. The Morgan fingerprint density at radius 1 is 0.925 bits per heavy atom. The molecule has 0 unspecified atom stereocenters. The molecule has 0 bridgehead atoms. The van der Waals surface area contributed by atoms with E-state index in [4.69, 9.17) is 14.1 Å². The fourth-order valence-electron chi connectivity index (χ4n) is 7.07. The van der Waals surface area contributed by atoms with Gasteiger partial charge in [0.25, 0.3) is 8.32 Å². The van der Waals surface area contributed by atoms with E-state index in [-0.39, 0.29) is 29.1 Å². The molecule has 0 saturated carbocycles. The number of nitrogens with zero attached hydrogens (tertiary/aromatic N) is 5. The second-order valence-electron chi connectivity index (χ2n) is 14.0. The summed E-state index contributed by atoms with van der Waals surface area (Å²) in [6.07, 6.45) is 4.99. The Morgan fingerprint density at radius 2 is 1.62 bits per heavy atom. The van der Waals surface area contributed by atoms with Gasteiger partial charge in [0, 0.05) is 24.2 Å². The van der Waals surface area contributed by atoms with Crippen molar-refractivity contribution in [1.82, 2.24) is 24.7 Å². The van der Waals surface area contributed by atoms with E-state index in [1.807, 2.05) is 12.1 Å². The summed E-state index contributed by atoms with van der Waals surface area (Å²) in [5, 5.41) is 23.5. The van der Waals surface area contributed by atoms with Crippen LogP contribution in [-0.4, -0.2) is 70.0 Å². The summed E-state index contributed by atoms with van der Waals surface area (Å²) in [4.78, 5) is 38.0. The van der Waals surface area contributed by atoms with Crippen molar-refractivity contribution in [3.8, 4) is 0 Å². The monoisotopic (exact) mass is 731 g/mol. The Balaban J connectivity index is 1.35. The van der Waals surface area contributed by atoms with Crippen molar-refractivity contribution in [3.05, 3.63) is 108 Å². The number of aromatic nitrogens is 5. The maximum absolute atomic E-state index is 12.2. The molecule has 3 aromatic heterocycles. The third-order valence-electron chi connectivity index (χ3n) is 9.47. The molecule has 3 heterocycles. The molecule has 0 radical (unpaired) electrons. The molecule has 12 nitrogen and oxygen atoms in total. The molecule has 3 N–H and O–H groups in total. The van der Waals surface area contributed by atoms with Crippen molar-refractivity contribution >= 4 is 64.5 Å². The minimum Gasteiger partial charge on any atom is -0.478 e. The Morgan fingerprint density at radius 3 is 2.25 bits per heavy atom. The summed E-state index contributed by atoms with van der Waals surface area (Å²) in [5.41, 5.74) is 2.66. The Bertz CT molecular complexity index is 2170. The number of methoxy groups -OCH3 is 1. The number of ether oxygens (including phenoxy) is 1. The van der Waals surface area contributed by atoms with Crippen LogP contribution in [0.2, 0.25) is 5.04 Å². The fraction of sp³-hybridized carbons (Fsp3) is 0.300. The van der Waals surface area contributed by atoms with Gasteiger partial charge in [-0.3, -0.25) is 15.0 Å². The van der Waals surface area contributed by atoms with Gasteiger partial charge in [-0.15, -0.1) is 0 Å². The first kappa shape index (κ1) is 37.1. The molecule has 1 amide bonds. The van der Waals surface area contributed by atoms with E-state index in [1.54, 1.807) is 41.3 Å². The number of hydrogen-bond acceptors (Lipinski definition) is 9. The average Bonchev–Trinajstić information content (AvgIpc) is 3.56. The average molecular weight is 732 g/mol. The molecule has 0 aliphatic carbocycles. The summed E-state index contributed by atoms with van der Waals surface area (Å²) < 4.78 is 13.8. The van der Waals surface area contributed by atoms with Gasteiger partial charge in [-0.2, -0.15) is 10.1 Å². The number of carbonyl (C=O) groups is 2. The Labute approximate surface area is 309 Å². The number of carbonyl (C=O) groups excluding carboxylic acids is 1. The lowest BCUT2D eigenvalue weighted by atomic mass is 10.0. The Hall–Kier alpha value is -5.66. The topological polar surface area (TPSA) is 153 Å². The highest BCUT2D eigenvalue weighted by Gasteiger charge is 2.50. The van der Waals surface area contributed by atoms with Crippen LogP contribution in [0.1, 0.15) is 62.9 Å². The van der Waals surface area contributed by atoms with E-state index in [9.17, 15) is 14.7 Å². The van der Waals surface area contributed by atoms with Gasteiger partial charge in [0.2, 0.25) is 5.95 Å². The van der Waals surface area contributed by atoms with Crippen LogP contribution in [0, 0.1) is 0 Å². The van der Waals surface area contributed by atoms with Crippen LogP contribution >= 0.6 is 0 Å². The third kappa shape index (κ3) is 7.76. The molecule has 13 heteroatoms. The van der Waals surface area contributed by atoms with Gasteiger partial charge in [0.05, 0.1) is 30.9 Å². The van der Waals surface area contributed by atoms with Gasteiger partial charge in [-0.25, -0.2) is 14.6 Å². The van der Waals surface area contributed by atoms with Crippen molar-refractivity contribution in [2.75, 3.05) is 24.4 Å². The predicted octanol–water partition coefficient (Wildman–Crippen LogP) is 6.85. The number of pyridine rings is 1. The highest BCUT2D eigenvalue weighted by Crippen LogP contribution is 2.37. The number of rotatable bonds is 14. The van der Waals surface area contributed by atoms with Crippen molar-refractivity contribution in [3.63, 3.8) is 0 Å². The van der Waals surface area contributed by atoms with Gasteiger partial charge in [0.15, 0.2) is 5.82 Å². The molecule has 0 saturated heterocycles. The van der Waals surface area contributed by atoms with Gasteiger partial charge in [-0.05, 0) is 45.9 Å². The first-order valence-corrected chi connectivity index (χ1v) is 19.7. The second-order valence-corrected chi connectivity index (χ2v) is 18.3. The molecule has 6 rings (SSSR count). The number of anilines is 2. The third-order valence-corrected chi connectivity index (χ3v) is 14.5. The predicted molar refractivity (Wildman–Crippen MR) is 210 cm³/mol. The summed E-state index contributed by atoms with van der Waals surface area (Å²) in [7, 11) is -1.47. The second kappa shape index (κ2) is 15.9. The number of carboxylic acids is 1. The Kier molecular flexibility index (Phi) is 11.1. The number of aromatic carboxylic acids is 1. The van der Waals surface area contributed by atoms with Crippen LogP contribution in [0.3, 0.4) is 0 Å². The molecule has 3 aromatic carbocycles. The first-order valence-electron chi connectivity index (χ1n) is 17.8. The van der Waals surface area contributed by atoms with Crippen LogP contribution in [-0.2, 0) is 15.7 Å². The molecule has 53 heavy (non-hydrogen) atoms. The van der Waals surface area contributed by atoms with Crippen molar-refractivity contribution < 1.29 is 23.9 Å². The van der Waals surface area contributed by atoms with Gasteiger partial charge >= 0.3 is 12.1 Å². The fourth-order valence-corrected chi connectivity index (χ4v) is 11.6. The van der Waals surface area contributed by atoms with Crippen molar-refractivity contribution in [2.24, 2.45) is 0 Å². The minimum atomic E-state index is -2.75. The van der Waals surface area contributed by atoms with Crippen LogP contribution in [0.15, 0.2) is 97.3 Å². The minimum absolute atomic E-state index is 0.0528.